The van der Waals surface area contributed by atoms with E-state index >= 15 is 0 Å². The van der Waals surface area contributed by atoms with E-state index in [0.717, 1.165) is 35.5 Å². The number of fused-ring (bicyclic) bond motifs is 1. The lowest BCUT2D eigenvalue weighted by Gasteiger charge is -2.60. The van der Waals surface area contributed by atoms with Crippen LogP contribution < -0.4 is 5.32 Å². The molecule has 0 amide bonds. The van der Waals surface area contributed by atoms with Crippen LogP contribution in [0.3, 0.4) is 0 Å². The maximum atomic E-state index is 12.3. The van der Waals surface area contributed by atoms with Crippen LogP contribution in [0.25, 0.3) is 11.0 Å². The van der Waals surface area contributed by atoms with E-state index in [1.807, 2.05) is 12.3 Å². The standard InChI is InChI=1S/C20H25N3O3/c24-9-16(26)15-8-22-19-14(1-2-21-19)18(15)23-17-12-3-11-4-13(17)7-20(5-11,6-12)10-25/h1-2,8,11-13,17,24-25H,3-7,9-10H2,(H2,21,22,23)/t11?,12-,13+,17?,20-. The van der Waals surface area contributed by atoms with Crippen LogP contribution >= 0.6 is 0 Å². The molecule has 4 bridgehead atoms. The van der Waals surface area contributed by atoms with Gasteiger partial charge in [-0.1, -0.05) is 0 Å². The van der Waals surface area contributed by atoms with Crippen molar-refractivity contribution >= 4 is 22.5 Å². The molecule has 4 saturated carbocycles. The molecule has 138 valence electrons. The zero-order chi connectivity index (χ0) is 17.9. The van der Waals surface area contributed by atoms with Crippen molar-refractivity contribution in [2.45, 2.75) is 38.1 Å². The van der Waals surface area contributed by atoms with Crippen LogP contribution in [0, 0.1) is 23.2 Å². The summed E-state index contributed by atoms with van der Waals surface area (Å²) in [6.45, 7) is -0.214. The average molecular weight is 355 g/mol. The Kier molecular flexibility index (Phi) is 3.62. The number of Topliss-reactive ketones (excluding diaryl/α,β-unsaturated/α-hetero) is 1. The number of nitrogens with one attached hydrogen (secondary N) is 2. The SMILES string of the molecule is O=C(CO)c1cnc2[nH]ccc2c1NC1[C@@H]2CC3C[C@H]1C[C@@](CO)(C3)C2. The van der Waals surface area contributed by atoms with Crippen molar-refractivity contribution in [3.05, 3.63) is 24.0 Å². The number of nitrogens with zero attached hydrogens (tertiary/aromatic N) is 1. The minimum Gasteiger partial charge on any atom is -0.396 e. The number of ketones is 1. The number of aliphatic hydroxyl groups excluding tert-OH is 2. The van der Waals surface area contributed by atoms with E-state index in [-0.39, 0.29) is 11.2 Å². The largest absolute Gasteiger partial charge is 0.396 e. The average Bonchev–Trinajstić information content (AvgIpc) is 3.12. The lowest BCUT2D eigenvalue weighted by molar-refractivity contribution is -0.0868. The molecule has 4 aliphatic carbocycles. The van der Waals surface area contributed by atoms with E-state index in [0.29, 0.717) is 30.0 Å². The van der Waals surface area contributed by atoms with E-state index in [4.69, 9.17) is 0 Å². The Hall–Kier alpha value is -1.92. The van der Waals surface area contributed by atoms with E-state index in [9.17, 15) is 15.0 Å². The Bertz CT molecular complexity index is 845. The Labute approximate surface area is 152 Å². The molecule has 2 aromatic rings. The van der Waals surface area contributed by atoms with Gasteiger partial charge in [-0.2, -0.15) is 0 Å². The summed E-state index contributed by atoms with van der Waals surface area (Å²) in [6.07, 6.45) is 9.12. The van der Waals surface area contributed by atoms with Crippen molar-refractivity contribution in [2.75, 3.05) is 18.5 Å². The molecule has 0 radical (unpaired) electrons. The highest BCUT2D eigenvalue weighted by Gasteiger charge is 2.55. The summed E-state index contributed by atoms with van der Waals surface area (Å²) >= 11 is 0. The van der Waals surface area contributed by atoms with Gasteiger partial charge in [0.1, 0.15) is 12.3 Å². The zero-order valence-corrected chi connectivity index (χ0v) is 14.7. The third kappa shape index (κ3) is 2.32. The minimum atomic E-state index is -0.514. The number of anilines is 1. The number of pyridine rings is 1. The highest BCUT2D eigenvalue weighted by atomic mass is 16.3. The molecule has 5 atom stereocenters. The molecule has 0 aliphatic heterocycles. The van der Waals surface area contributed by atoms with E-state index in [1.54, 1.807) is 6.20 Å². The molecule has 6 nitrogen and oxygen atoms in total. The molecule has 4 N–H and O–H groups in total. The van der Waals surface area contributed by atoms with Gasteiger partial charge >= 0.3 is 0 Å². The molecule has 2 aromatic heterocycles. The number of hydrogen-bond acceptors (Lipinski definition) is 5. The van der Waals surface area contributed by atoms with Gasteiger partial charge in [0.15, 0.2) is 5.78 Å². The number of aromatic amines is 1. The van der Waals surface area contributed by atoms with Crippen molar-refractivity contribution in [3.8, 4) is 0 Å². The van der Waals surface area contributed by atoms with Crippen LogP contribution in [-0.2, 0) is 0 Å². The molecule has 26 heavy (non-hydrogen) atoms. The highest BCUT2D eigenvalue weighted by Crippen LogP contribution is 2.60. The number of aliphatic hydroxyl groups is 2. The molecule has 4 aliphatic rings. The fourth-order valence-corrected chi connectivity index (χ4v) is 6.25. The Morgan fingerprint density at radius 1 is 1.27 bits per heavy atom. The molecule has 0 aromatic carbocycles. The fourth-order valence-electron chi connectivity index (χ4n) is 6.25. The number of H-pyrrole nitrogens is 1. The first-order chi connectivity index (χ1) is 12.6. The maximum Gasteiger partial charge on any atom is 0.191 e. The van der Waals surface area contributed by atoms with Crippen LogP contribution in [-0.4, -0.2) is 45.2 Å². The number of carbonyl (C=O) groups excluding carboxylic acids is 1. The summed E-state index contributed by atoms with van der Waals surface area (Å²) in [5.41, 5.74) is 2.13. The lowest BCUT2D eigenvalue weighted by atomic mass is 9.48. The van der Waals surface area contributed by atoms with Crippen molar-refractivity contribution in [2.24, 2.45) is 23.2 Å². The normalized spacial score (nSPS) is 35.2. The van der Waals surface area contributed by atoms with Gasteiger partial charge in [-0.15, -0.1) is 0 Å². The predicted molar refractivity (Wildman–Crippen MR) is 98.0 cm³/mol. The number of hydrogen-bond donors (Lipinski definition) is 4. The fraction of sp³-hybridized carbons (Fsp3) is 0.600. The van der Waals surface area contributed by atoms with Crippen LogP contribution in [0.5, 0.6) is 0 Å². The quantitative estimate of drug-likeness (QED) is 0.617. The maximum absolute atomic E-state index is 12.3. The van der Waals surface area contributed by atoms with Gasteiger partial charge in [-0.05, 0) is 61.3 Å². The second kappa shape index (κ2) is 5.79. The van der Waals surface area contributed by atoms with Gasteiger partial charge in [0.2, 0.25) is 0 Å². The summed E-state index contributed by atoms with van der Waals surface area (Å²) in [4.78, 5) is 19.7. The first-order valence-corrected chi connectivity index (χ1v) is 9.60. The predicted octanol–water partition coefficient (Wildman–Crippen LogP) is 2.34. The van der Waals surface area contributed by atoms with Gasteiger partial charge in [0.25, 0.3) is 0 Å². The summed E-state index contributed by atoms with van der Waals surface area (Å²) in [5, 5.41) is 23.9. The molecule has 2 heterocycles. The first-order valence-electron chi connectivity index (χ1n) is 9.60. The Morgan fingerprint density at radius 3 is 2.73 bits per heavy atom. The van der Waals surface area contributed by atoms with Crippen molar-refractivity contribution in [3.63, 3.8) is 0 Å². The van der Waals surface area contributed by atoms with Gasteiger partial charge in [-0.3, -0.25) is 4.79 Å². The molecule has 2 unspecified atom stereocenters. The van der Waals surface area contributed by atoms with Crippen LogP contribution in [0.1, 0.15) is 42.5 Å². The molecular formula is C20H25N3O3. The molecule has 0 spiro atoms. The zero-order valence-electron chi connectivity index (χ0n) is 14.7. The van der Waals surface area contributed by atoms with E-state index in [1.165, 1.54) is 19.3 Å². The Balaban J connectivity index is 1.52. The monoisotopic (exact) mass is 355 g/mol. The summed E-state index contributed by atoms with van der Waals surface area (Å²) in [6, 6.07) is 2.25. The van der Waals surface area contributed by atoms with E-state index < -0.39 is 6.61 Å². The van der Waals surface area contributed by atoms with Crippen LogP contribution in [0.15, 0.2) is 18.5 Å². The minimum absolute atomic E-state index is 0.125. The third-order valence-electron chi connectivity index (χ3n) is 7.08. The molecule has 4 fully saturated rings. The lowest BCUT2D eigenvalue weighted by Crippen LogP contribution is -2.57. The van der Waals surface area contributed by atoms with Gasteiger partial charge in [0.05, 0.1) is 11.3 Å². The van der Waals surface area contributed by atoms with Crippen molar-refractivity contribution in [1.29, 1.82) is 0 Å². The van der Waals surface area contributed by atoms with Crippen molar-refractivity contribution < 1.29 is 15.0 Å². The topological polar surface area (TPSA) is 98.2 Å². The highest BCUT2D eigenvalue weighted by molar-refractivity contribution is 6.08. The second-order valence-corrected chi connectivity index (χ2v) is 8.67. The smallest absolute Gasteiger partial charge is 0.191 e. The second-order valence-electron chi connectivity index (χ2n) is 8.67. The number of carbonyl (C=O) groups is 1. The number of aromatic nitrogens is 2. The summed E-state index contributed by atoms with van der Waals surface area (Å²) in [5.74, 6) is 1.50. The van der Waals surface area contributed by atoms with Crippen molar-refractivity contribution in [1.82, 2.24) is 9.97 Å². The van der Waals surface area contributed by atoms with Crippen LogP contribution in [0.4, 0.5) is 5.69 Å². The Morgan fingerprint density at radius 2 is 2.04 bits per heavy atom. The molecule has 6 heteroatoms. The molecule has 6 rings (SSSR count). The van der Waals surface area contributed by atoms with Crippen LogP contribution in [0.2, 0.25) is 0 Å². The third-order valence-corrected chi connectivity index (χ3v) is 7.08. The van der Waals surface area contributed by atoms with Gasteiger partial charge < -0.3 is 20.5 Å². The molecular weight excluding hydrogens is 330 g/mol. The first kappa shape index (κ1) is 16.3. The summed E-state index contributed by atoms with van der Waals surface area (Å²) in [7, 11) is 0. The van der Waals surface area contributed by atoms with Gasteiger partial charge in [0, 0.05) is 30.4 Å². The van der Waals surface area contributed by atoms with E-state index in [2.05, 4.69) is 15.3 Å². The summed E-state index contributed by atoms with van der Waals surface area (Å²) < 4.78 is 0. The van der Waals surface area contributed by atoms with Gasteiger partial charge in [-0.25, -0.2) is 4.98 Å². The molecule has 0 saturated heterocycles. The number of rotatable bonds is 5.